The molecule has 0 N–H and O–H groups in total. The molecule has 0 aliphatic heterocycles. The van der Waals surface area contributed by atoms with Crippen molar-refractivity contribution in [2.45, 2.75) is 6.42 Å². The number of hydrogen-bond acceptors (Lipinski definition) is 1. The van der Waals surface area contributed by atoms with Gasteiger partial charge in [-0.15, -0.1) is 0 Å². The first-order valence-electron chi connectivity index (χ1n) is 6.41. The van der Waals surface area contributed by atoms with Crippen LogP contribution in [0.4, 0.5) is 0 Å². The minimum atomic E-state index is 0.727. The molecule has 0 saturated carbocycles. The summed E-state index contributed by atoms with van der Waals surface area (Å²) in [5.74, 6) is 0. The monoisotopic (exact) mass is 280 g/mol. The normalized spacial score (nSPS) is 10.7. The molecule has 20 heavy (non-hydrogen) atoms. The standard InChI is InChI=1S/C17H13ClN2/c1-20-16-5-3-2-4-14(16)15(11-19)17(20)10-12-6-8-13(18)9-7-12/h2-9H,10H2,1H3. The lowest BCUT2D eigenvalue weighted by Crippen LogP contribution is -1.99. The number of rotatable bonds is 2. The number of nitrogens with zero attached hydrogens (tertiary/aromatic N) is 2. The van der Waals surface area contributed by atoms with Crippen molar-refractivity contribution in [3.63, 3.8) is 0 Å². The smallest absolute Gasteiger partial charge is 0.102 e. The summed E-state index contributed by atoms with van der Waals surface area (Å²) in [5, 5.41) is 11.2. The summed E-state index contributed by atoms with van der Waals surface area (Å²) in [6.07, 6.45) is 0.727. The Bertz CT molecular complexity index is 807. The zero-order valence-corrected chi connectivity index (χ0v) is 11.9. The number of benzene rings is 2. The van der Waals surface area contributed by atoms with Crippen LogP contribution in [0.2, 0.25) is 5.02 Å². The third-order valence-corrected chi connectivity index (χ3v) is 3.88. The molecule has 2 nitrogen and oxygen atoms in total. The van der Waals surface area contributed by atoms with Gasteiger partial charge >= 0.3 is 0 Å². The maximum absolute atomic E-state index is 9.47. The van der Waals surface area contributed by atoms with Crippen LogP contribution in [-0.4, -0.2) is 4.57 Å². The second-order valence-electron chi connectivity index (χ2n) is 4.81. The van der Waals surface area contributed by atoms with Crippen molar-refractivity contribution >= 4 is 22.5 Å². The molecular weight excluding hydrogens is 268 g/mol. The first kappa shape index (κ1) is 12.8. The Labute approximate surface area is 122 Å². The molecule has 0 atom stereocenters. The fourth-order valence-corrected chi connectivity index (χ4v) is 2.70. The van der Waals surface area contributed by atoms with Gasteiger partial charge in [0.2, 0.25) is 0 Å². The van der Waals surface area contributed by atoms with Crippen LogP contribution < -0.4 is 0 Å². The number of aryl methyl sites for hydroxylation is 1. The summed E-state index contributed by atoms with van der Waals surface area (Å²) in [5.41, 5.74) is 4.04. The van der Waals surface area contributed by atoms with Gasteiger partial charge < -0.3 is 4.57 Å². The largest absolute Gasteiger partial charge is 0.346 e. The third kappa shape index (κ3) is 2.07. The third-order valence-electron chi connectivity index (χ3n) is 3.62. The molecule has 0 saturated heterocycles. The van der Waals surface area contributed by atoms with Crippen molar-refractivity contribution in [2.24, 2.45) is 7.05 Å². The van der Waals surface area contributed by atoms with E-state index in [4.69, 9.17) is 11.6 Å². The van der Waals surface area contributed by atoms with Gasteiger partial charge in [-0.1, -0.05) is 41.9 Å². The SMILES string of the molecule is Cn1c(Cc2ccc(Cl)cc2)c(C#N)c2ccccc21. The molecular formula is C17H13ClN2. The Kier molecular flexibility index (Phi) is 3.22. The van der Waals surface area contributed by atoms with Crippen LogP contribution in [0.1, 0.15) is 16.8 Å². The number of hydrogen-bond donors (Lipinski definition) is 0. The van der Waals surface area contributed by atoms with Crippen molar-refractivity contribution in [1.82, 2.24) is 4.57 Å². The van der Waals surface area contributed by atoms with Gasteiger partial charge in [-0.2, -0.15) is 5.26 Å². The summed E-state index contributed by atoms with van der Waals surface area (Å²) in [7, 11) is 2.01. The van der Waals surface area contributed by atoms with E-state index >= 15 is 0 Å². The molecule has 0 spiro atoms. The van der Waals surface area contributed by atoms with Gasteiger partial charge in [-0.3, -0.25) is 0 Å². The van der Waals surface area contributed by atoms with E-state index in [0.29, 0.717) is 0 Å². The quantitative estimate of drug-likeness (QED) is 0.688. The predicted molar refractivity (Wildman–Crippen MR) is 81.9 cm³/mol. The van der Waals surface area contributed by atoms with Gasteiger partial charge in [0.1, 0.15) is 6.07 Å². The average molecular weight is 281 g/mol. The Morgan fingerprint density at radius 2 is 1.80 bits per heavy atom. The van der Waals surface area contributed by atoms with Crippen molar-refractivity contribution < 1.29 is 0 Å². The maximum atomic E-state index is 9.47. The van der Waals surface area contributed by atoms with E-state index in [9.17, 15) is 5.26 Å². The fraction of sp³-hybridized carbons (Fsp3) is 0.118. The lowest BCUT2D eigenvalue weighted by atomic mass is 10.1. The number of para-hydroxylation sites is 1. The van der Waals surface area contributed by atoms with Crippen LogP contribution >= 0.6 is 11.6 Å². The summed E-state index contributed by atoms with van der Waals surface area (Å²) in [6, 6.07) is 18.1. The summed E-state index contributed by atoms with van der Waals surface area (Å²) < 4.78 is 2.10. The fourth-order valence-electron chi connectivity index (χ4n) is 2.57. The van der Waals surface area contributed by atoms with E-state index in [1.54, 1.807) is 0 Å². The van der Waals surface area contributed by atoms with E-state index in [-0.39, 0.29) is 0 Å². The highest BCUT2D eigenvalue weighted by Crippen LogP contribution is 2.26. The van der Waals surface area contributed by atoms with Crippen LogP contribution in [0.25, 0.3) is 10.9 Å². The molecule has 0 aliphatic carbocycles. The van der Waals surface area contributed by atoms with E-state index in [1.807, 2.05) is 55.6 Å². The molecule has 3 rings (SSSR count). The minimum Gasteiger partial charge on any atom is -0.346 e. The van der Waals surface area contributed by atoms with Crippen LogP contribution in [0, 0.1) is 11.3 Å². The van der Waals surface area contributed by atoms with Gasteiger partial charge in [0.15, 0.2) is 0 Å². The number of halogens is 1. The second kappa shape index (κ2) is 5.03. The molecule has 0 unspecified atom stereocenters. The lowest BCUT2D eigenvalue weighted by molar-refractivity contribution is 0.877. The van der Waals surface area contributed by atoms with Crippen LogP contribution in [-0.2, 0) is 13.5 Å². The van der Waals surface area contributed by atoms with E-state index < -0.39 is 0 Å². The molecule has 1 heterocycles. The molecule has 98 valence electrons. The van der Waals surface area contributed by atoms with Gasteiger partial charge in [0, 0.05) is 35.1 Å². The molecule has 0 radical (unpaired) electrons. The van der Waals surface area contributed by atoms with E-state index in [2.05, 4.69) is 10.6 Å². The zero-order chi connectivity index (χ0) is 14.1. The van der Waals surface area contributed by atoms with Gasteiger partial charge in [0.25, 0.3) is 0 Å². The number of aromatic nitrogens is 1. The molecule has 0 aliphatic rings. The van der Waals surface area contributed by atoms with Crippen LogP contribution in [0.5, 0.6) is 0 Å². The topological polar surface area (TPSA) is 28.7 Å². The molecule has 0 amide bonds. The Morgan fingerprint density at radius 3 is 2.50 bits per heavy atom. The van der Waals surface area contributed by atoms with Crippen molar-refractivity contribution in [2.75, 3.05) is 0 Å². The van der Waals surface area contributed by atoms with E-state index in [0.717, 1.165) is 39.2 Å². The van der Waals surface area contributed by atoms with Gasteiger partial charge in [0.05, 0.1) is 5.56 Å². The van der Waals surface area contributed by atoms with Gasteiger partial charge in [-0.05, 0) is 23.8 Å². The Balaban J connectivity index is 2.14. The van der Waals surface area contributed by atoms with Crippen molar-refractivity contribution in [3.05, 3.63) is 70.4 Å². The molecule has 1 aromatic heterocycles. The highest BCUT2D eigenvalue weighted by atomic mass is 35.5. The van der Waals surface area contributed by atoms with Crippen LogP contribution in [0.3, 0.4) is 0 Å². The lowest BCUT2D eigenvalue weighted by Gasteiger charge is -2.05. The molecule has 3 heteroatoms. The number of fused-ring (bicyclic) bond motifs is 1. The molecule has 3 aromatic rings. The first-order valence-corrected chi connectivity index (χ1v) is 6.79. The highest BCUT2D eigenvalue weighted by molar-refractivity contribution is 6.30. The first-order chi connectivity index (χ1) is 9.70. The van der Waals surface area contributed by atoms with Crippen molar-refractivity contribution in [1.29, 1.82) is 5.26 Å². The zero-order valence-electron chi connectivity index (χ0n) is 11.1. The Morgan fingerprint density at radius 1 is 1.10 bits per heavy atom. The Hall–Kier alpha value is -2.24. The predicted octanol–water partition coefficient (Wildman–Crippen LogP) is 4.29. The number of nitriles is 1. The molecule has 2 aromatic carbocycles. The van der Waals surface area contributed by atoms with Crippen molar-refractivity contribution in [3.8, 4) is 6.07 Å². The van der Waals surface area contributed by atoms with Gasteiger partial charge in [-0.25, -0.2) is 0 Å². The van der Waals surface area contributed by atoms with E-state index in [1.165, 1.54) is 0 Å². The van der Waals surface area contributed by atoms with Crippen LogP contribution in [0.15, 0.2) is 48.5 Å². The maximum Gasteiger partial charge on any atom is 0.102 e. The second-order valence-corrected chi connectivity index (χ2v) is 5.25. The summed E-state index contributed by atoms with van der Waals surface area (Å²) in [6.45, 7) is 0. The molecule has 0 bridgehead atoms. The summed E-state index contributed by atoms with van der Waals surface area (Å²) >= 11 is 5.91. The minimum absolute atomic E-state index is 0.727. The highest BCUT2D eigenvalue weighted by Gasteiger charge is 2.14. The average Bonchev–Trinajstić information content (AvgIpc) is 2.74. The molecule has 0 fully saturated rings. The summed E-state index contributed by atoms with van der Waals surface area (Å²) in [4.78, 5) is 0.